The molecule has 4 rings (SSSR count). The number of carbonyl (C=O) groups is 1. The van der Waals surface area contributed by atoms with Crippen LogP contribution in [0.15, 0.2) is 45.3 Å². The Bertz CT molecular complexity index is 893. The first kappa shape index (κ1) is 22.3. The molecule has 0 saturated carbocycles. The van der Waals surface area contributed by atoms with Gasteiger partial charge in [-0.25, -0.2) is 4.79 Å². The Morgan fingerprint density at radius 1 is 1.00 bits per heavy atom. The van der Waals surface area contributed by atoms with Gasteiger partial charge in [-0.15, -0.1) is 0 Å². The van der Waals surface area contributed by atoms with Crippen LogP contribution in [0.3, 0.4) is 0 Å². The summed E-state index contributed by atoms with van der Waals surface area (Å²) in [5.41, 5.74) is 10.6. The second kappa shape index (κ2) is 9.19. The Morgan fingerprint density at radius 3 is 2.14 bits per heavy atom. The van der Waals surface area contributed by atoms with E-state index in [-0.39, 0.29) is 18.2 Å². The van der Waals surface area contributed by atoms with Gasteiger partial charge < -0.3 is 15.8 Å². The van der Waals surface area contributed by atoms with Crippen LogP contribution in [-0.4, -0.2) is 11.7 Å². The molecule has 0 bridgehead atoms. The zero-order chi connectivity index (χ0) is 21.2. The molecule has 2 aromatic rings. The summed E-state index contributed by atoms with van der Waals surface area (Å²) in [6.07, 6.45) is 3.78. The van der Waals surface area contributed by atoms with E-state index in [0.29, 0.717) is 0 Å². The lowest BCUT2D eigenvalue weighted by molar-refractivity contribution is 0.0503. The maximum atomic E-state index is 11.8. The zero-order valence-electron chi connectivity index (χ0n) is 17.1. The lowest BCUT2D eigenvalue weighted by Crippen LogP contribution is -2.34. The highest BCUT2D eigenvalue weighted by Crippen LogP contribution is 2.36. The van der Waals surface area contributed by atoms with Crippen LogP contribution in [0.5, 0.6) is 0 Å². The van der Waals surface area contributed by atoms with Gasteiger partial charge in [-0.3, -0.25) is 0 Å². The van der Waals surface area contributed by atoms with Crippen molar-refractivity contribution in [1.29, 1.82) is 0 Å². The van der Waals surface area contributed by atoms with Crippen molar-refractivity contribution in [3.05, 3.63) is 67.6 Å². The third kappa shape index (κ3) is 5.62. The molecule has 0 aliphatic heterocycles. The van der Waals surface area contributed by atoms with Crippen LogP contribution in [0.25, 0.3) is 0 Å². The van der Waals surface area contributed by atoms with Crippen LogP contribution in [0.1, 0.15) is 68.0 Å². The molecule has 0 saturated heterocycles. The Kier molecular flexibility index (Phi) is 7.07. The molecule has 0 spiro atoms. The number of hydrogen-bond donors (Lipinski definition) is 2. The van der Waals surface area contributed by atoms with Gasteiger partial charge in [-0.05, 0) is 80.8 Å². The smallest absolute Gasteiger partial charge is 0.408 e. The molecule has 6 heteroatoms. The lowest BCUT2D eigenvalue weighted by atomic mass is 10.1. The number of rotatable bonds is 1. The van der Waals surface area contributed by atoms with Crippen LogP contribution in [0.2, 0.25) is 0 Å². The monoisotopic (exact) mass is 522 g/mol. The number of halogens is 2. The van der Waals surface area contributed by atoms with Crippen LogP contribution in [0, 0.1) is 0 Å². The highest BCUT2D eigenvalue weighted by molar-refractivity contribution is 9.10. The maximum Gasteiger partial charge on any atom is 0.408 e. The Labute approximate surface area is 189 Å². The normalized spacial score (nSPS) is 19.7. The van der Waals surface area contributed by atoms with Gasteiger partial charge in [-0.2, -0.15) is 0 Å². The quantitative estimate of drug-likeness (QED) is 0.457. The second-order valence-electron chi connectivity index (χ2n) is 8.50. The number of nitrogens with one attached hydrogen (secondary N) is 1. The highest BCUT2D eigenvalue weighted by atomic mass is 79.9. The number of amides is 1. The minimum atomic E-state index is -0.456. The molecule has 0 unspecified atom stereocenters. The van der Waals surface area contributed by atoms with Gasteiger partial charge in [0.2, 0.25) is 0 Å². The SMILES string of the molecule is CC(C)(C)OC(=O)N[C@H]1CCc2c(Br)cccc21.N[C@H]1CCc2c(Br)cccc21. The molecule has 2 atom stereocenters. The van der Waals surface area contributed by atoms with E-state index in [9.17, 15) is 4.79 Å². The van der Waals surface area contributed by atoms with Crippen LogP contribution >= 0.6 is 31.9 Å². The van der Waals surface area contributed by atoms with Crippen molar-refractivity contribution in [3.8, 4) is 0 Å². The Hall–Kier alpha value is -1.37. The fourth-order valence-corrected chi connectivity index (χ4v) is 5.01. The third-order valence-electron chi connectivity index (χ3n) is 5.16. The molecule has 0 radical (unpaired) electrons. The fraction of sp³-hybridized carbons (Fsp3) is 0.435. The van der Waals surface area contributed by atoms with Gasteiger partial charge in [0, 0.05) is 15.0 Å². The number of fused-ring (bicyclic) bond motifs is 2. The Morgan fingerprint density at radius 2 is 1.55 bits per heavy atom. The average Bonchev–Trinajstić information content (AvgIpc) is 3.20. The summed E-state index contributed by atoms with van der Waals surface area (Å²) in [5.74, 6) is 0. The zero-order valence-corrected chi connectivity index (χ0v) is 20.3. The molecule has 0 aromatic heterocycles. The van der Waals surface area contributed by atoms with Gasteiger partial charge in [0.05, 0.1) is 6.04 Å². The first-order chi connectivity index (χ1) is 13.7. The van der Waals surface area contributed by atoms with E-state index in [1.807, 2.05) is 39.0 Å². The van der Waals surface area contributed by atoms with Crippen LogP contribution in [-0.2, 0) is 17.6 Å². The van der Waals surface area contributed by atoms with Crippen LogP contribution in [0.4, 0.5) is 4.79 Å². The molecule has 2 aromatic carbocycles. The summed E-state index contributed by atoms with van der Waals surface area (Å²) in [7, 11) is 0. The molecule has 29 heavy (non-hydrogen) atoms. The van der Waals surface area contributed by atoms with E-state index >= 15 is 0 Å². The van der Waals surface area contributed by atoms with Gasteiger partial charge in [0.15, 0.2) is 0 Å². The molecule has 0 fully saturated rings. The lowest BCUT2D eigenvalue weighted by Gasteiger charge is -2.22. The fourth-order valence-electron chi connectivity index (χ4n) is 3.85. The van der Waals surface area contributed by atoms with Crippen molar-refractivity contribution in [1.82, 2.24) is 5.32 Å². The van der Waals surface area contributed by atoms with Crippen molar-refractivity contribution >= 4 is 38.0 Å². The second-order valence-corrected chi connectivity index (χ2v) is 10.2. The van der Waals surface area contributed by atoms with E-state index in [0.717, 1.165) is 30.2 Å². The van der Waals surface area contributed by atoms with Crippen molar-refractivity contribution in [3.63, 3.8) is 0 Å². The van der Waals surface area contributed by atoms with Gasteiger partial charge in [0.25, 0.3) is 0 Å². The summed E-state index contributed by atoms with van der Waals surface area (Å²) < 4.78 is 7.61. The average molecular weight is 524 g/mol. The van der Waals surface area contributed by atoms with Crippen molar-refractivity contribution in [2.45, 2.75) is 64.1 Å². The number of hydrogen-bond acceptors (Lipinski definition) is 3. The molecule has 1 amide bonds. The van der Waals surface area contributed by atoms with E-state index in [1.54, 1.807) is 0 Å². The highest BCUT2D eigenvalue weighted by Gasteiger charge is 2.27. The van der Waals surface area contributed by atoms with Crippen molar-refractivity contribution < 1.29 is 9.53 Å². The predicted molar refractivity (Wildman–Crippen MR) is 124 cm³/mol. The number of carbonyl (C=O) groups excluding carboxylic acids is 1. The summed E-state index contributed by atoms with van der Waals surface area (Å²) in [6.45, 7) is 5.60. The van der Waals surface area contributed by atoms with Gasteiger partial charge >= 0.3 is 6.09 Å². The largest absolute Gasteiger partial charge is 0.444 e. The predicted octanol–water partition coefficient (Wildman–Crippen LogP) is 6.36. The number of ether oxygens (including phenoxy) is 1. The standard InChI is InChI=1S/C14H18BrNO2.C9H10BrN/c1-14(2,3)18-13(17)16-12-8-7-9-10(12)5-4-6-11(9)15;10-8-3-1-2-7-6(8)4-5-9(7)11/h4-6,12H,7-8H2,1-3H3,(H,16,17);1-3,9H,4-5,11H2/t12-;9-/m00/s1. The maximum absolute atomic E-state index is 11.8. The summed E-state index contributed by atoms with van der Waals surface area (Å²) in [4.78, 5) is 11.8. The van der Waals surface area contributed by atoms with Crippen LogP contribution < -0.4 is 11.1 Å². The molecule has 2 aliphatic carbocycles. The first-order valence-corrected chi connectivity index (χ1v) is 11.5. The van der Waals surface area contributed by atoms with E-state index < -0.39 is 5.60 Å². The third-order valence-corrected chi connectivity index (χ3v) is 6.65. The van der Waals surface area contributed by atoms with Crippen molar-refractivity contribution in [2.75, 3.05) is 0 Å². The molecule has 2 aliphatic rings. The van der Waals surface area contributed by atoms with Gasteiger partial charge in [0.1, 0.15) is 5.60 Å². The first-order valence-electron chi connectivity index (χ1n) is 9.95. The number of alkyl carbamates (subject to hydrolysis) is 1. The number of nitrogens with two attached hydrogens (primary N) is 1. The molecular formula is C23H28Br2N2O2. The van der Waals surface area contributed by atoms with E-state index in [2.05, 4.69) is 55.4 Å². The molecule has 4 nitrogen and oxygen atoms in total. The molecule has 0 heterocycles. The van der Waals surface area contributed by atoms with E-state index in [4.69, 9.17) is 10.5 Å². The van der Waals surface area contributed by atoms with E-state index in [1.165, 1.54) is 26.7 Å². The molecule has 3 N–H and O–H groups in total. The number of benzene rings is 2. The Balaban J connectivity index is 0.000000186. The topological polar surface area (TPSA) is 64.3 Å². The molecular weight excluding hydrogens is 496 g/mol. The van der Waals surface area contributed by atoms with Gasteiger partial charge in [-0.1, -0.05) is 56.1 Å². The summed E-state index contributed by atoms with van der Waals surface area (Å²) >= 11 is 7.07. The summed E-state index contributed by atoms with van der Waals surface area (Å²) in [6, 6.07) is 12.7. The minimum Gasteiger partial charge on any atom is -0.444 e. The minimum absolute atomic E-state index is 0.0624. The van der Waals surface area contributed by atoms with Crippen molar-refractivity contribution in [2.24, 2.45) is 5.73 Å². The summed E-state index contributed by atoms with van der Waals surface area (Å²) in [5, 5.41) is 2.94. The molecule has 156 valence electrons.